The first-order valence-corrected chi connectivity index (χ1v) is 4.56. The molecule has 1 rings (SSSR count). The zero-order valence-electron chi connectivity index (χ0n) is 7.66. The predicted molar refractivity (Wildman–Crippen MR) is 60.7 cm³/mol. The first kappa shape index (κ1) is 12.8. The van der Waals surface area contributed by atoms with Gasteiger partial charge in [0, 0.05) is 11.1 Å². The maximum Gasteiger partial charge on any atom is 0.0406 e. The minimum absolute atomic E-state index is 0. The van der Waals surface area contributed by atoms with E-state index in [1.54, 1.807) is 0 Å². The monoisotopic (exact) mass is 219 g/mol. The Kier molecular flexibility index (Phi) is 6.13. The summed E-state index contributed by atoms with van der Waals surface area (Å²) in [5, 5.41) is 0.791. The number of halogens is 2. The highest BCUT2D eigenvalue weighted by atomic mass is 35.5. The molecule has 74 valence electrons. The molecule has 2 N–H and O–H groups in total. The minimum Gasteiger partial charge on any atom is -0.328 e. The van der Waals surface area contributed by atoms with E-state index in [2.05, 4.69) is 0 Å². The van der Waals surface area contributed by atoms with Crippen LogP contribution in [0.5, 0.6) is 0 Å². The van der Waals surface area contributed by atoms with Crippen molar-refractivity contribution in [2.75, 3.05) is 0 Å². The van der Waals surface area contributed by atoms with Crippen molar-refractivity contribution in [3.8, 4) is 0 Å². The number of hydrogen-bond donors (Lipinski definition) is 1. The zero-order valence-corrected chi connectivity index (χ0v) is 9.24. The van der Waals surface area contributed by atoms with E-state index < -0.39 is 0 Å². The average Bonchev–Trinajstić information content (AvgIpc) is 2.03. The summed E-state index contributed by atoms with van der Waals surface area (Å²) in [4.78, 5) is 0. The smallest absolute Gasteiger partial charge is 0.0406 e. The predicted octanol–water partition coefficient (Wildman–Crippen LogP) is 3.04. The van der Waals surface area contributed by atoms with Gasteiger partial charge in [-0.2, -0.15) is 0 Å². The second kappa shape index (κ2) is 6.25. The van der Waals surface area contributed by atoms with Gasteiger partial charge in [-0.25, -0.2) is 0 Å². The van der Waals surface area contributed by atoms with Gasteiger partial charge in [-0.15, -0.1) is 12.4 Å². The maximum atomic E-state index is 5.75. The molecular weight excluding hydrogens is 205 g/mol. The molecule has 0 spiro atoms. The Morgan fingerprint density at radius 2 is 1.85 bits per heavy atom. The molecule has 1 nitrogen and oxygen atoms in total. The van der Waals surface area contributed by atoms with Gasteiger partial charge in [0.1, 0.15) is 0 Å². The van der Waals surface area contributed by atoms with Crippen LogP contribution in [0.2, 0.25) is 5.02 Å². The summed E-state index contributed by atoms with van der Waals surface area (Å²) >= 11 is 5.75. The molecule has 0 fully saturated rings. The van der Waals surface area contributed by atoms with Gasteiger partial charge in [-0.1, -0.05) is 23.7 Å². The molecule has 1 aromatic rings. The molecule has 0 heterocycles. The Morgan fingerprint density at radius 1 is 1.31 bits per heavy atom. The van der Waals surface area contributed by atoms with Crippen LogP contribution in [-0.4, -0.2) is 6.04 Å². The average molecular weight is 220 g/mol. The fourth-order valence-corrected chi connectivity index (χ4v) is 1.17. The number of rotatable bonds is 3. The highest BCUT2D eigenvalue weighted by Crippen LogP contribution is 2.11. The van der Waals surface area contributed by atoms with E-state index >= 15 is 0 Å². The van der Waals surface area contributed by atoms with E-state index in [0.29, 0.717) is 0 Å². The summed E-state index contributed by atoms with van der Waals surface area (Å²) < 4.78 is 0. The van der Waals surface area contributed by atoms with Gasteiger partial charge >= 0.3 is 0 Å². The molecule has 0 saturated carbocycles. The quantitative estimate of drug-likeness (QED) is 0.832. The van der Waals surface area contributed by atoms with Gasteiger partial charge in [0.05, 0.1) is 0 Å². The lowest BCUT2D eigenvalue weighted by molar-refractivity contribution is 0.666. The van der Waals surface area contributed by atoms with E-state index in [0.717, 1.165) is 17.9 Å². The maximum absolute atomic E-state index is 5.75. The normalized spacial score (nSPS) is 11.9. The molecular formula is C10H15Cl2N. The molecule has 0 aliphatic carbocycles. The molecule has 0 radical (unpaired) electrons. The van der Waals surface area contributed by atoms with E-state index in [1.807, 2.05) is 31.2 Å². The molecule has 3 heteroatoms. The van der Waals surface area contributed by atoms with Crippen molar-refractivity contribution >= 4 is 24.0 Å². The molecule has 0 aromatic heterocycles. The third-order valence-electron chi connectivity index (χ3n) is 1.80. The zero-order chi connectivity index (χ0) is 8.97. The SMILES string of the molecule is CC(N)CCc1ccc(Cl)cc1.Cl. The van der Waals surface area contributed by atoms with Crippen LogP contribution in [0.25, 0.3) is 0 Å². The van der Waals surface area contributed by atoms with Gasteiger partial charge in [-0.3, -0.25) is 0 Å². The second-order valence-electron chi connectivity index (χ2n) is 3.14. The van der Waals surface area contributed by atoms with Crippen molar-refractivity contribution < 1.29 is 0 Å². The van der Waals surface area contributed by atoms with E-state index in [-0.39, 0.29) is 18.4 Å². The highest BCUT2D eigenvalue weighted by molar-refractivity contribution is 6.30. The van der Waals surface area contributed by atoms with E-state index in [9.17, 15) is 0 Å². The van der Waals surface area contributed by atoms with Crippen LogP contribution in [-0.2, 0) is 6.42 Å². The van der Waals surface area contributed by atoms with Crippen molar-refractivity contribution in [2.45, 2.75) is 25.8 Å². The first-order valence-electron chi connectivity index (χ1n) is 4.18. The molecule has 1 unspecified atom stereocenters. The van der Waals surface area contributed by atoms with Crippen molar-refractivity contribution in [2.24, 2.45) is 5.73 Å². The van der Waals surface area contributed by atoms with Crippen LogP contribution in [0, 0.1) is 0 Å². The summed E-state index contributed by atoms with van der Waals surface area (Å²) in [5.74, 6) is 0. The molecule has 13 heavy (non-hydrogen) atoms. The standard InChI is InChI=1S/C10H14ClN.ClH/c1-8(12)2-3-9-4-6-10(11)7-5-9;/h4-8H,2-3,12H2,1H3;1H. The third kappa shape index (κ3) is 5.14. The van der Waals surface area contributed by atoms with Crippen LogP contribution < -0.4 is 5.73 Å². The minimum atomic E-state index is 0. The number of nitrogens with two attached hydrogens (primary N) is 1. The lowest BCUT2D eigenvalue weighted by atomic mass is 10.1. The number of benzene rings is 1. The molecule has 0 bridgehead atoms. The fourth-order valence-electron chi connectivity index (χ4n) is 1.05. The van der Waals surface area contributed by atoms with E-state index in [4.69, 9.17) is 17.3 Å². The fraction of sp³-hybridized carbons (Fsp3) is 0.400. The van der Waals surface area contributed by atoms with Crippen molar-refractivity contribution in [1.82, 2.24) is 0 Å². The van der Waals surface area contributed by atoms with Crippen LogP contribution in [0.1, 0.15) is 18.9 Å². The molecule has 1 aromatic carbocycles. The number of aryl methyl sites for hydroxylation is 1. The number of hydrogen-bond acceptors (Lipinski definition) is 1. The Bertz CT molecular complexity index is 231. The lowest BCUT2D eigenvalue weighted by Crippen LogP contribution is -2.15. The highest BCUT2D eigenvalue weighted by Gasteiger charge is 1.96. The molecule has 0 amide bonds. The van der Waals surface area contributed by atoms with Crippen molar-refractivity contribution in [3.05, 3.63) is 34.9 Å². The molecule has 0 aliphatic heterocycles. The second-order valence-corrected chi connectivity index (χ2v) is 3.58. The largest absolute Gasteiger partial charge is 0.328 e. The van der Waals surface area contributed by atoms with Gasteiger partial charge in [-0.05, 0) is 37.5 Å². The van der Waals surface area contributed by atoms with Gasteiger partial charge in [0.2, 0.25) is 0 Å². The van der Waals surface area contributed by atoms with Crippen molar-refractivity contribution in [3.63, 3.8) is 0 Å². The van der Waals surface area contributed by atoms with Gasteiger partial charge < -0.3 is 5.73 Å². The topological polar surface area (TPSA) is 26.0 Å². The first-order chi connectivity index (χ1) is 5.68. The summed E-state index contributed by atoms with van der Waals surface area (Å²) in [6.45, 7) is 2.02. The van der Waals surface area contributed by atoms with Gasteiger partial charge in [0.25, 0.3) is 0 Å². The molecule has 0 saturated heterocycles. The summed E-state index contributed by atoms with van der Waals surface area (Å²) in [5.41, 5.74) is 6.95. The summed E-state index contributed by atoms with van der Waals surface area (Å²) in [6.07, 6.45) is 2.07. The van der Waals surface area contributed by atoms with E-state index in [1.165, 1.54) is 5.56 Å². The van der Waals surface area contributed by atoms with Crippen molar-refractivity contribution in [1.29, 1.82) is 0 Å². The summed E-state index contributed by atoms with van der Waals surface area (Å²) in [7, 11) is 0. The Labute approximate surface area is 90.7 Å². The molecule has 0 aliphatic rings. The van der Waals surface area contributed by atoms with Crippen LogP contribution in [0.4, 0.5) is 0 Å². The third-order valence-corrected chi connectivity index (χ3v) is 2.05. The van der Waals surface area contributed by atoms with Crippen LogP contribution >= 0.6 is 24.0 Å². The Hall–Kier alpha value is -0.240. The lowest BCUT2D eigenvalue weighted by Gasteiger charge is -2.04. The Morgan fingerprint density at radius 3 is 2.31 bits per heavy atom. The summed E-state index contributed by atoms with van der Waals surface area (Å²) in [6, 6.07) is 8.20. The molecule has 1 atom stereocenters. The van der Waals surface area contributed by atoms with Crippen LogP contribution in [0.3, 0.4) is 0 Å². The Balaban J connectivity index is 0.00000144. The van der Waals surface area contributed by atoms with Gasteiger partial charge in [0.15, 0.2) is 0 Å². The van der Waals surface area contributed by atoms with Crippen LogP contribution in [0.15, 0.2) is 24.3 Å².